The van der Waals surface area contributed by atoms with Crippen LogP contribution in [0.2, 0.25) is 0 Å². The van der Waals surface area contributed by atoms with Gasteiger partial charge in [-0.3, -0.25) is 0 Å². The molecule has 1 heterocycles. The highest BCUT2D eigenvalue weighted by Crippen LogP contribution is 2.16. The van der Waals surface area contributed by atoms with E-state index in [2.05, 4.69) is 26.1 Å². The molecule has 1 aromatic rings. The average molecular weight is 384 g/mol. The first-order valence-corrected chi connectivity index (χ1v) is 8.83. The Morgan fingerprint density at radius 1 is 1.35 bits per heavy atom. The number of rotatable bonds is 5. The lowest BCUT2D eigenvalue weighted by Gasteiger charge is -2.23. The van der Waals surface area contributed by atoms with Gasteiger partial charge in [0.25, 0.3) is 0 Å². The van der Waals surface area contributed by atoms with Crippen molar-refractivity contribution in [2.75, 3.05) is 32.4 Å². The minimum Gasteiger partial charge on any atom is -0.315 e. The normalized spacial score (nSPS) is 19.1. The lowest BCUT2D eigenvalue weighted by molar-refractivity contribution is 0.271. The number of nitrogens with zero attached hydrogens (tertiary/aromatic N) is 1. The van der Waals surface area contributed by atoms with Crippen LogP contribution in [0.15, 0.2) is 33.6 Å². The van der Waals surface area contributed by atoms with Crippen molar-refractivity contribution in [1.29, 1.82) is 0 Å². The molecular formula is C13H20BrClN2O2S. The number of likely N-dealkylation sites (N-methyl/N-ethyl adjacent to an activating group) is 1. The maximum absolute atomic E-state index is 12.2. The van der Waals surface area contributed by atoms with Crippen molar-refractivity contribution < 1.29 is 8.42 Å². The van der Waals surface area contributed by atoms with Crippen LogP contribution in [-0.4, -0.2) is 51.8 Å². The topological polar surface area (TPSA) is 49.4 Å². The molecule has 1 aliphatic rings. The Morgan fingerprint density at radius 3 is 2.55 bits per heavy atom. The summed E-state index contributed by atoms with van der Waals surface area (Å²) in [6.45, 7) is 2.55. The van der Waals surface area contributed by atoms with Gasteiger partial charge in [-0.05, 0) is 44.3 Å². The van der Waals surface area contributed by atoms with Crippen LogP contribution in [0.3, 0.4) is 0 Å². The molecule has 1 aliphatic heterocycles. The maximum atomic E-state index is 12.2. The fourth-order valence-corrected chi connectivity index (χ4v) is 3.80. The SMILES string of the molecule is CN(CCS(=O)(=O)c1ccc(Br)cc1)C1CCNC1.Cl. The molecule has 7 heteroatoms. The van der Waals surface area contributed by atoms with E-state index < -0.39 is 9.84 Å². The molecule has 0 bridgehead atoms. The van der Waals surface area contributed by atoms with Crippen molar-refractivity contribution >= 4 is 38.2 Å². The van der Waals surface area contributed by atoms with Gasteiger partial charge in [-0.25, -0.2) is 8.42 Å². The summed E-state index contributed by atoms with van der Waals surface area (Å²) in [4.78, 5) is 2.53. The lowest BCUT2D eigenvalue weighted by Crippen LogP contribution is -2.36. The van der Waals surface area contributed by atoms with E-state index in [0.717, 1.165) is 24.0 Å². The second-order valence-electron chi connectivity index (χ2n) is 4.90. The highest BCUT2D eigenvalue weighted by Gasteiger charge is 2.21. The van der Waals surface area contributed by atoms with Gasteiger partial charge in [0.2, 0.25) is 0 Å². The lowest BCUT2D eigenvalue weighted by atomic mass is 10.2. The Morgan fingerprint density at radius 2 is 2.00 bits per heavy atom. The molecular weight excluding hydrogens is 364 g/mol. The first kappa shape index (κ1) is 17.9. The van der Waals surface area contributed by atoms with Gasteiger partial charge in [0.1, 0.15) is 0 Å². The van der Waals surface area contributed by atoms with Crippen LogP contribution in [0.4, 0.5) is 0 Å². The van der Waals surface area contributed by atoms with E-state index in [0.29, 0.717) is 17.5 Å². The summed E-state index contributed by atoms with van der Waals surface area (Å²) in [5, 5.41) is 3.29. The zero-order valence-corrected chi connectivity index (χ0v) is 14.6. The number of nitrogens with one attached hydrogen (secondary N) is 1. The molecule has 1 aromatic carbocycles. The largest absolute Gasteiger partial charge is 0.315 e. The third kappa shape index (κ3) is 4.70. The standard InChI is InChI=1S/C13H19BrN2O2S.ClH/c1-16(12-6-7-15-10-12)8-9-19(17,18)13-4-2-11(14)3-5-13;/h2-5,12,15H,6-10H2,1H3;1H. The van der Waals surface area contributed by atoms with Crippen LogP contribution in [0.1, 0.15) is 6.42 Å². The zero-order chi connectivity index (χ0) is 13.9. The molecule has 114 valence electrons. The summed E-state index contributed by atoms with van der Waals surface area (Å²) in [5.74, 6) is 0.168. The summed E-state index contributed by atoms with van der Waals surface area (Å²) >= 11 is 3.31. The number of hydrogen-bond acceptors (Lipinski definition) is 4. The van der Waals surface area contributed by atoms with Crippen LogP contribution < -0.4 is 5.32 Å². The second-order valence-corrected chi connectivity index (χ2v) is 7.92. The van der Waals surface area contributed by atoms with Gasteiger partial charge < -0.3 is 10.2 Å². The van der Waals surface area contributed by atoms with E-state index in [1.54, 1.807) is 24.3 Å². The molecule has 20 heavy (non-hydrogen) atoms. The van der Waals surface area contributed by atoms with Crippen LogP contribution in [-0.2, 0) is 9.84 Å². The summed E-state index contributed by atoms with van der Waals surface area (Å²) < 4.78 is 25.3. The van der Waals surface area contributed by atoms with E-state index in [9.17, 15) is 8.42 Å². The smallest absolute Gasteiger partial charge is 0.179 e. The van der Waals surface area contributed by atoms with Gasteiger partial charge in [-0.1, -0.05) is 15.9 Å². The first-order valence-electron chi connectivity index (χ1n) is 6.38. The number of sulfone groups is 1. The zero-order valence-electron chi connectivity index (χ0n) is 11.4. The van der Waals surface area contributed by atoms with E-state index >= 15 is 0 Å². The van der Waals surface area contributed by atoms with Crippen LogP contribution in [0.25, 0.3) is 0 Å². The Kier molecular flexibility index (Phi) is 6.94. The van der Waals surface area contributed by atoms with Crippen molar-refractivity contribution in [3.8, 4) is 0 Å². The summed E-state index contributed by atoms with van der Waals surface area (Å²) in [6, 6.07) is 7.28. The van der Waals surface area contributed by atoms with E-state index in [1.165, 1.54) is 0 Å². The van der Waals surface area contributed by atoms with Gasteiger partial charge >= 0.3 is 0 Å². The van der Waals surface area contributed by atoms with Crippen molar-refractivity contribution in [2.45, 2.75) is 17.4 Å². The van der Waals surface area contributed by atoms with Gasteiger partial charge in [0.15, 0.2) is 9.84 Å². The van der Waals surface area contributed by atoms with Crippen LogP contribution >= 0.6 is 28.3 Å². The Bertz CT molecular complexity index is 516. The van der Waals surface area contributed by atoms with Gasteiger partial charge in [0.05, 0.1) is 10.6 Å². The molecule has 0 spiro atoms. The highest BCUT2D eigenvalue weighted by atomic mass is 79.9. The van der Waals surface area contributed by atoms with E-state index in [-0.39, 0.29) is 18.2 Å². The molecule has 0 aliphatic carbocycles. The molecule has 1 N–H and O–H groups in total. The van der Waals surface area contributed by atoms with Gasteiger partial charge in [-0.15, -0.1) is 12.4 Å². The second kappa shape index (κ2) is 7.75. The molecule has 0 saturated carbocycles. The number of benzene rings is 1. The number of hydrogen-bond donors (Lipinski definition) is 1. The molecule has 0 aromatic heterocycles. The fraction of sp³-hybridized carbons (Fsp3) is 0.538. The van der Waals surface area contributed by atoms with E-state index in [1.807, 2.05) is 7.05 Å². The molecule has 4 nitrogen and oxygen atoms in total. The molecule has 0 radical (unpaired) electrons. The molecule has 1 unspecified atom stereocenters. The van der Waals surface area contributed by atoms with Crippen molar-refractivity contribution in [3.05, 3.63) is 28.7 Å². The fourth-order valence-electron chi connectivity index (χ4n) is 2.22. The minimum absolute atomic E-state index is 0. The first-order chi connectivity index (χ1) is 8.99. The Labute approximate surface area is 135 Å². The quantitative estimate of drug-likeness (QED) is 0.844. The van der Waals surface area contributed by atoms with Gasteiger partial charge in [-0.2, -0.15) is 0 Å². The molecule has 1 fully saturated rings. The van der Waals surface area contributed by atoms with E-state index in [4.69, 9.17) is 0 Å². The van der Waals surface area contributed by atoms with Crippen LogP contribution in [0.5, 0.6) is 0 Å². The Hall–Kier alpha value is -0.140. The summed E-state index contributed by atoms with van der Waals surface area (Å²) in [7, 11) is -1.19. The Balaban J connectivity index is 0.00000200. The molecule has 2 rings (SSSR count). The van der Waals surface area contributed by atoms with Crippen molar-refractivity contribution in [2.24, 2.45) is 0 Å². The molecule has 1 saturated heterocycles. The molecule has 1 atom stereocenters. The third-order valence-electron chi connectivity index (χ3n) is 3.54. The monoisotopic (exact) mass is 382 g/mol. The maximum Gasteiger partial charge on any atom is 0.179 e. The average Bonchev–Trinajstić information content (AvgIpc) is 2.90. The minimum atomic E-state index is -3.18. The van der Waals surface area contributed by atoms with Gasteiger partial charge in [0, 0.05) is 23.6 Å². The highest BCUT2D eigenvalue weighted by molar-refractivity contribution is 9.10. The molecule has 0 amide bonds. The third-order valence-corrected chi connectivity index (χ3v) is 5.78. The van der Waals surface area contributed by atoms with Crippen LogP contribution in [0, 0.1) is 0 Å². The predicted octanol–water partition coefficient (Wildman–Crippen LogP) is 1.94. The summed E-state index contributed by atoms with van der Waals surface area (Å²) in [5.41, 5.74) is 0. The predicted molar refractivity (Wildman–Crippen MR) is 87.3 cm³/mol. The van der Waals surface area contributed by atoms with Crippen molar-refractivity contribution in [3.63, 3.8) is 0 Å². The number of halogens is 2. The summed E-state index contributed by atoms with van der Waals surface area (Å²) in [6.07, 6.45) is 1.09. The van der Waals surface area contributed by atoms with Crippen molar-refractivity contribution in [1.82, 2.24) is 10.2 Å².